The van der Waals surface area contributed by atoms with Crippen LogP contribution in [-0.2, 0) is 11.2 Å². The van der Waals surface area contributed by atoms with E-state index in [0.29, 0.717) is 30.5 Å². The Morgan fingerprint density at radius 3 is 3.05 bits per heavy atom. The number of carbonyl (C=O) groups excluding carboxylic acids is 2. The molecule has 103 valence electrons. The van der Waals surface area contributed by atoms with Crippen molar-refractivity contribution in [2.45, 2.75) is 12.8 Å². The maximum atomic E-state index is 12.0. The third-order valence-electron chi connectivity index (χ3n) is 3.37. The number of carbonyl (C=O) groups is 2. The number of halogens is 1. The van der Waals surface area contributed by atoms with E-state index in [9.17, 15) is 9.59 Å². The number of fused-ring (bicyclic) bond motifs is 1. The molecular weight excluding hydrogens is 298 g/mol. The van der Waals surface area contributed by atoms with Crippen LogP contribution in [0.15, 0.2) is 17.6 Å². The van der Waals surface area contributed by atoms with E-state index >= 15 is 0 Å². The van der Waals surface area contributed by atoms with Crippen LogP contribution in [0.2, 0.25) is 5.15 Å². The molecule has 0 saturated carbocycles. The quantitative estimate of drug-likeness (QED) is 0.865. The molecule has 2 aromatic rings. The van der Waals surface area contributed by atoms with Crippen LogP contribution in [0.5, 0.6) is 0 Å². The van der Waals surface area contributed by atoms with Crippen molar-refractivity contribution in [3.8, 4) is 0 Å². The summed E-state index contributed by atoms with van der Waals surface area (Å²) in [5, 5.41) is 3.30. The Labute approximate surface area is 124 Å². The van der Waals surface area contributed by atoms with Gasteiger partial charge in [0.1, 0.15) is 5.15 Å². The third-order valence-corrected chi connectivity index (χ3v) is 4.65. The molecule has 0 aromatic carbocycles. The highest BCUT2D eigenvalue weighted by atomic mass is 35.5. The van der Waals surface area contributed by atoms with Gasteiger partial charge in [-0.3, -0.25) is 9.69 Å². The first-order valence-electron chi connectivity index (χ1n) is 6.04. The van der Waals surface area contributed by atoms with Crippen LogP contribution >= 0.6 is 22.9 Å². The minimum atomic E-state index is -0.695. The molecule has 0 unspecified atom stereocenters. The first kappa shape index (κ1) is 13.3. The number of amides is 3. The monoisotopic (exact) mass is 308 g/mol. The van der Waals surface area contributed by atoms with E-state index in [4.69, 9.17) is 17.3 Å². The molecule has 0 aliphatic carbocycles. The Morgan fingerprint density at radius 2 is 2.35 bits per heavy atom. The first-order chi connectivity index (χ1) is 9.58. The van der Waals surface area contributed by atoms with Gasteiger partial charge < -0.3 is 5.73 Å². The largest absolute Gasteiger partial charge is 0.351 e. The van der Waals surface area contributed by atoms with E-state index < -0.39 is 6.03 Å². The third kappa shape index (κ3) is 2.14. The van der Waals surface area contributed by atoms with E-state index in [2.05, 4.69) is 4.98 Å². The summed E-state index contributed by atoms with van der Waals surface area (Å²) < 4.78 is 1.04. The van der Waals surface area contributed by atoms with Crippen LogP contribution < -0.4 is 5.73 Å². The van der Waals surface area contributed by atoms with E-state index in [1.807, 2.05) is 11.4 Å². The molecule has 5 nitrogen and oxygen atoms in total. The van der Waals surface area contributed by atoms with E-state index in [1.165, 1.54) is 0 Å². The number of likely N-dealkylation sites (tertiary alicyclic amines) is 1. The number of thiophene rings is 1. The summed E-state index contributed by atoms with van der Waals surface area (Å²) in [6, 6.07) is 1.20. The van der Waals surface area contributed by atoms with E-state index in [1.54, 1.807) is 17.5 Å². The fraction of sp³-hybridized carbons (Fsp3) is 0.231. The standard InChI is InChI=1S/C13H11ClN3O2S/c14-11-10-8(6-20-9(10)1-3-16-11)5-7-2-4-17(12(7)18)13(15)19/h1,3,6H,2,4-5H2,(H2,15,19). The van der Waals surface area contributed by atoms with Gasteiger partial charge in [0, 0.05) is 22.8 Å². The summed E-state index contributed by atoms with van der Waals surface area (Å²) in [5.74, 6) is 0.403. The van der Waals surface area contributed by atoms with Gasteiger partial charge in [-0.05, 0) is 29.9 Å². The Kier molecular flexibility index (Phi) is 3.35. The minimum Gasteiger partial charge on any atom is -0.351 e. The average Bonchev–Trinajstić information content (AvgIpc) is 2.96. The number of urea groups is 1. The van der Waals surface area contributed by atoms with Gasteiger partial charge in [-0.15, -0.1) is 11.3 Å². The number of hydrogen-bond donors (Lipinski definition) is 1. The molecule has 20 heavy (non-hydrogen) atoms. The molecule has 1 aliphatic rings. The highest BCUT2D eigenvalue weighted by Crippen LogP contribution is 2.34. The van der Waals surface area contributed by atoms with Crippen molar-refractivity contribution in [3.05, 3.63) is 34.3 Å². The molecule has 1 fully saturated rings. The number of hydrogen-bond acceptors (Lipinski definition) is 4. The predicted octanol–water partition coefficient (Wildman–Crippen LogP) is 2.38. The lowest BCUT2D eigenvalue weighted by Crippen LogP contribution is -2.37. The van der Waals surface area contributed by atoms with Crippen molar-refractivity contribution in [3.63, 3.8) is 0 Å². The molecule has 3 rings (SSSR count). The number of nitrogens with two attached hydrogens (primary N) is 1. The van der Waals surface area contributed by atoms with E-state index in [0.717, 1.165) is 20.5 Å². The van der Waals surface area contributed by atoms with Gasteiger partial charge in [-0.1, -0.05) is 11.6 Å². The molecule has 0 spiro atoms. The normalized spacial score (nSPS) is 16.2. The maximum Gasteiger partial charge on any atom is 0.321 e. The number of imide groups is 1. The Bertz CT molecular complexity index is 700. The van der Waals surface area contributed by atoms with Gasteiger partial charge in [0.05, 0.1) is 5.92 Å². The SMILES string of the molecule is NC(=O)N1CC[C](Cc2csc3ccnc(Cl)c23)C1=O. The zero-order valence-electron chi connectivity index (χ0n) is 10.4. The zero-order valence-corrected chi connectivity index (χ0v) is 12.0. The van der Waals surface area contributed by atoms with Crippen LogP contribution in [0.25, 0.3) is 10.1 Å². The van der Waals surface area contributed by atoms with Crippen molar-refractivity contribution in [2.75, 3.05) is 6.54 Å². The zero-order chi connectivity index (χ0) is 14.3. The van der Waals surface area contributed by atoms with Crippen LogP contribution in [0.1, 0.15) is 12.0 Å². The molecule has 1 aliphatic heterocycles. The second-order valence-electron chi connectivity index (χ2n) is 4.56. The van der Waals surface area contributed by atoms with Crippen LogP contribution in [0.3, 0.4) is 0 Å². The fourth-order valence-corrected chi connectivity index (χ4v) is 3.67. The van der Waals surface area contributed by atoms with E-state index in [-0.39, 0.29) is 5.91 Å². The first-order valence-corrected chi connectivity index (χ1v) is 7.30. The predicted molar refractivity (Wildman–Crippen MR) is 77.5 cm³/mol. The van der Waals surface area contributed by atoms with Crippen LogP contribution in [-0.4, -0.2) is 28.4 Å². The van der Waals surface area contributed by atoms with Gasteiger partial charge in [-0.25, -0.2) is 9.78 Å². The van der Waals surface area contributed by atoms with Crippen molar-refractivity contribution >= 4 is 45.0 Å². The number of nitrogens with zero attached hydrogens (tertiary/aromatic N) is 2. The average molecular weight is 309 g/mol. The molecule has 3 heterocycles. The Balaban J connectivity index is 1.88. The summed E-state index contributed by atoms with van der Waals surface area (Å²) in [7, 11) is 0. The highest BCUT2D eigenvalue weighted by molar-refractivity contribution is 7.17. The smallest absolute Gasteiger partial charge is 0.321 e. The van der Waals surface area contributed by atoms with Crippen LogP contribution in [0.4, 0.5) is 4.79 Å². The number of aromatic nitrogens is 1. The van der Waals surface area contributed by atoms with Gasteiger partial charge >= 0.3 is 6.03 Å². The van der Waals surface area contributed by atoms with Gasteiger partial charge in [0.2, 0.25) is 5.91 Å². The molecule has 3 amide bonds. The lowest BCUT2D eigenvalue weighted by molar-refractivity contribution is -0.123. The molecule has 2 N–H and O–H groups in total. The number of rotatable bonds is 2. The Morgan fingerprint density at radius 1 is 1.55 bits per heavy atom. The molecule has 0 bridgehead atoms. The molecule has 2 aromatic heterocycles. The van der Waals surface area contributed by atoms with Gasteiger partial charge in [0.25, 0.3) is 0 Å². The lowest BCUT2D eigenvalue weighted by atomic mass is 9.98. The molecule has 0 atom stereocenters. The molecule has 1 radical (unpaired) electrons. The molecule has 7 heteroatoms. The summed E-state index contributed by atoms with van der Waals surface area (Å²) in [6.07, 6.45) is 2.69. The molecule has 1 saturated heterocycles. The highest BCUT2D eigenvalue weighted by Gasteiger charge is 2.35. The number of pyridine rings is 1. The summed E-state index contributed by atoms with van der Waals surface area (Å²) in [5.41, 5.74) is 6.13. The van der Waals surface area contributed by atoms with Gasteiger partial charge in [0.15, 0.2) is 0 Å². The topological polar surface area (TPSA) is 76.3 Å². The van der Waals surface area contributed by atoms with Crippen molar-refractivity contribution < 1.29 is 9.59 Å². The fourth-order valence-electron chi connectivity index (χ4n) is 2.38. The van der Waals surface area contributed by atoms with Crippen LogP contribution in [0, 0.1) is 5.92 Å². The van der Waals surface area contributed by atoms with Crippen molar-refractivity contribution in [1.82, 2.24) is 9.88 Å². The lowest BCUT2D eigenvalue weighted by Gasteiger charge is -2.11. The van der Waals surface area contributed by atoms with Crippen molar-refractivity contribution in [1.29, 1.82) is 0 Å². The second-order valence-corrected chi connectivity index (χ2v) is 5.83. The number of primary amides is 1. The summed E-state index contributed by atoms with van der Waals surface area (Å²) in [4.78, 5) is 28.3. The van der Waals surface area contributed by atoms with Crippen molar-refractivity contribution in [2.24, 2.45) is 5.73 Å². The van der Waals surface area contributed by atoms with Gasteiger partial charge in [-0.2, -0.15) is 0 Å². The summed E-state index contributed by atoms with van der Waals surface area (Å²) >= 11 is 7.69. The molecular formula is C13H11ClN3O2S. The minimum absolute atomic E-state index is 0.281. The summed E-state index contributed by atoms with van der Waals surface area (Å²) in [6.45, 7) is 0.359. The Hall–Kier alpha value is -1.66. The maximum absolute atomic E-state index is 12.0. The second kappa shape index (κ2) is 5.03.